The van der Waals surface area contributed by atoms with Gasteiger partial charge in [0.15, 0.2) is 6.10 Å². The van der Waals surface area contributed by atoms with Gasteiger partial charge < -0.3 is 4.74 Å². The summed E-state index contributed by atoms with van der Waals surface area (Å²) in [6.45, 7) is 2.39. The maximum Gasteiger partial charge on any atom is 0.269 e. The number of hydroxylamine groups is 2. The predicted octanol–water partition coefficient (Wildman–Crippen LogP) is 2.47. The summed E-state index contributed by atoms with van der Waals surface area (Å²) < 4.78 is 5.40. The number of non-ortho nitro benzene ring substituents is 1. The van der Waals surface area contributed by atoms with Crippen molar-refractivity contribution >= 4 is 23.2 Å². The second kappa shape index (κ2) is 7.26. The number of nitrogens with zero attached hydrogens (tertiary/aromatic N) is 3. The number of carbonyl (C=O) groups excluding carboxylic acids is 2. The van der Waals surface area contributed by atoms with Crippen molar-refractivity contribution in [1.82, 2.24) is 5.06 Å². The molecule has 0 spiro atoms. The Morgan fingerprint density at radius 2 is 1.72 bits per heavy atom. The van der Waals surface area contributed by atoms with Crippen molar-refractivity contribution < 1.29 is 24.1 Å². The van der Waals surface area contributed by atoms with Crippen LogP contribution in [0.3, 0.4) is 0 Å². The Kier molecular flexibility index (Phi) is 4.77. The Morgan fingerprint density at radius 1 is 1.07 bits per heavy atom. The van der Waals surface area contributed by atoms with Crippen molar-refractivity contribution in [3.8, 4) is 5.75 Å². The number of nitro groups is 1. The molecular formula is C20H19N3O6. The Hall–Kier alpha value is -3.30. The standard InChI is InChI=1S/C20H19N3O6/c1-3-28-15-10-8-13(9-11-15)22-19(24)16-17(21(2)29-18(16)20(22)25)12-4-6-14(7-5-12)23(26)27/h4-11,16-18H,3H2,1-2H3/t16-,17-,18-/m1/s1. The van der Waals surface area contributed by atoms with Gasteiger partial charge in [0.05, 0.1) is 29.2 Å². The molecule has 4 rings (SSSR count). The van der Waals surface area contributed by atoms with Crippen LogP contribution in [-0.4, -0.2) is 41.6 Å². The van der Waals surface area contributed by atoms with Crippen LogP contribution in [-0.2, 0) is 14.4 Å². The molecular weight excluding hydrogens is 378 g/mol. The molecule has 0 radical (unpaired) electrons. The van der Waals surface area contributed by atoms with E-state index in [9.17, 15) is 19.7 Å². The summed E-state index contributed by atoms with van der Waals surface area (Å²) in [5, 5.41) is 12.4. The number of benzene rings is 2. The summed E-state index contributed by atoms with van der Waals surface area (Å²) in [4.78, 5) is 43.3. The lowest BCUT2D eigenvalue weighted by Gasteiger charge is -2.24. The van der Waals surface area contributed by atoms with E-state index in [1.54, 1.807) is 43.4 Å². The maximum absolute atomic E-state index is 13.2. The third kappa shape index (κ3) is 3.14. The molecule has 9 heteroatoms. The van der Waals surface area contributed by atoms with E-state index in [0.717, 1.165) is 4.90 Å². The van der Waals surface area contributed by atoms with E-state index < -0.39 is 28.9 Å². The smallest absolute Gasteiger partial charge is 0.269 e. The molecule has 0 saturated carbocycles. The van der Waals surface area contributed by atoms with Crippen LogP contribution in [0.4, 0.5) is 11.4 Å². The second-order valence-corrected chi connectivity index (χ2v) is 6.83. The SMILES string of the molecule is CCOc1ccc(N2C(=O)[C@@H]3[C@@H](c4ccc([N+](=O)[O-])cc4)N(C)O[C@H]3C2=O)cc1. The minimum Gasteiger partial charge on any atom is -0.494 e. The zero-order valence-corrected chi connectivity index (χ0v) is 15.8. The lowest BCUT2D eigenvalue weighted by molar-refractivity contribution is -0.384. The highest BCUT2D eigenvalue weighted by Crippen LogP contribution is 2.45. The normalized spacial score (nSPS) is 24.1. The number of rotatable bonds is 5. The number of imide groups is 1. The number of anilines is 1. The van der Waals surface area contributed by atoms with Gasteiger partial charge in [-0.15, -0.1) is 0 Å². The van der Waals surface area contributed by atoms with Crippen LogP contribution in [0, 0.1) is 16.0 Å². The van der Waals surface area contributed by atoms with Gasteiger partial charge in [-0.2, -0.15) is 5.06 Å². The first-order valence-corrected chi connectivity index (χ1v) is 9.17. The van der Waals surface area contributed by atoms with Crippen molar-refractivity contribution in [3.05, 3.63) is 64.2 Å². The average Bonchev–Trinajstić information content (AvgIpc) is 3.17. The molecule has 0 unspecified atom stereocenters. The fourth-order valence-corrected chi connectivity index (χ4v) is 3.87. The van der Waals surface area contributed by atoms with E-state index in [4.69, 9.17) is 9.57 Å². The van der Waals surface area contributed by atoms with Crippen LogP contribution in [0.1, 0.15) is 18.5 Å². The van der Waals surface area contributed by atoms with E-state index in [-0.39, 0.29) is 11.6 Å². The monoisotopic (exact) mass is 397 g/mol. The molecule has 2 aliphatic heterocycles. The predicted molar refractivity (Wildman–Crippen MR) is 102 cm³/mol. The van der Waals surface area contributed by atoms with Gasteiger partial charge >= 0.3 is 0 Å². The highest BCUT2D eigenvalue weighted by atomic mass is 16.7. The number of carbonyl (C=O) groups is 2. The van der Waals surface area contributed by atoms with E-state index in [1.807, 2.05) is 6.92 Å². The maximum atomic E-state index is 13.2. The molecule has 2 fully saturated rings. The van der Waals surface area contributed by atoms with E-state index in [1.165, 1.54) is 17.2 Å². The molecule has 2 aromatic rings. The lowest BCUT2D eigenvalue weighted by Crippen LogP contribution is -2.36. The molecule has 0 aliphatic carbocycles. The van der Waals surface area contributed by atoms with Crippen LogP contribution >= 0.6 is 0 Å². The molecule has 2 amide bonds. The lowest BCUT2D eigenvalue weighted by atomic mass is 9.91. The Bertz CT molecular complexity index is 959. The minimum absolute atomic E-state index is 0.0447. The molecule has 0 N–H and O–H groups in total. The van der Waals surface area contributed by atoms with Gasteiger partial charge in [-0.05, 0) is 36.8 Å². The van der Waals surface area contributed by atoms with Gasteiger partial charge in [-0.3, -0.25) is 24.5 Å². The summed E-state index contributed by atoms with van der Waals surface area (Å²) in [6.07, 6.45) is -0.931. The Balaban J connectivity index is 1.63. The third-order valence-corrected chi connectivity index (χ3v) is 5.16. The first-order chi connectivity index (χ1) is 13.9. The first-order valence-electron chi connectivity index (χ1n) is 9.17. The summed E-state index contributed by atoms with van der Waals surface area (Å²) in [5.41, 5.74) is 1.07. The van der Waals surface area contributed by atoms with Crippen LogP contribution in [0.25, 0.3) is 0 Å². The topological polar surface area (TPSA) is 102 Å². The van der Waals surface area contributed by atoms with E-state index >= 15 is 0 Å². The van der Waals surface area contributed by atoms with Gasteiger partial charge in [0, 0.05) is 19.2 Å². The first kappa shape index (κ1) is 19.0. The fourth-order valence-electron chi connectivity index (χ4n) is 3.87. The number of fused-ring (bicyclic) bond motifs is 1. The Labute approximate surface area is 166 Å². The molecule has 29 heavy (non-hydrogen) atoms. The van der Waals surface area contributed by atoms with Gasteiger partial charge in [0.25, 0.3) is 11.6 Å². The molecule has 2 heterocycles. The van der Waals surface area contributed by atoms with E-state index in [2.05, 4.69) is 0 Å². The summed E-state index contributed by atoms with van der Waals surface area (Å²) >= 11 is 0. The zero-order chi connectivity index (χ0) is 20.7. The molecule has 0 aromatic heterocycles. The fraction of sp³-hybridized carbons (Fsp3) is 0.300. The number of amides is 2. The van der Waals surface area contributed by atoms with Gasteiger partial charge in [0.1, 0.15) is 5.75 Å². The molecule has 2 saturated heterocycles. The third-order valence-electron chi connectivity index (χ3n) is 5.16. The summed E-state index contributed by atoms with van der Waals surface area (Å²) in [7, 11) is 1.65. The largest absolute Gasteiger partial charge is 0.494 e. The number of hydrogen-bond donors (Lipinski definition) is 0. The van der Waals surface area contributed by atoms with Crippen LogP contribution in [0.15, 0.2) is 48.5 Å². The molecule has 2 aliphatic rings. The average molecular weight is 397 g/mol. The van der Waals surface area contributed by atoms with Crippen LogP contribution < -0.4 is 9.64 Å². The number of ether oxygens (including phenoxy) is 1. The van der Waals surface area contributed by atoms with Crippen molar-refractivity contribution in [2.24, 2.45) is 5.92 Å². The summed E-state index contributed by atoms with van der Waals surface area (Å²) in [6, 6.07) is 12.1. The molecule has 150 valence electrons. The van der Waals surface area contributed by atoms with Gasteiger partial charge in [-0.25, -0.2) is 4.90 Å². The molecule has 2 aromatic carbocycles. The van der Waals surface area contributed by atoms with Crippen molar-refractivity contribution in [2.75, 3.05) is 18.6 Å². The highest BCUT2D eigenvalue weighted by Gasteiger charge is 2.59. The van der Waals surface area contributed by atoms with Crippen LogP contribution in [0.2, 0.25) is 0 Å². The quantitative estimate of drug-likeness (QED) is 0.434. The second-order valence-electron chi connectivity index (χ2n) is 6.83. The van der Waals surface area contributed by atoms with E-state index in [0.29, 0.717) is 23.6 Å². The highest BCUT2D eigenvalue weighted by molar-refractivity contribution is 6.23. The molecule has 0 bridgehead atoms. The molecule has 9 nitrogen and oxygen atoms in total. The van der Waals surface area contributed by atoms with Crippen LogP contribution in [0.5, 0.6) is 5.75 Å². The minimum atomic E-state index is -0.931. The number of nitro benzene ring substituents is 1. The van der Waals surface area contributed by atoms with Gasteiger partial charge in [-0.1, -0.05) is 12.1 Å². The number of hydrogen-bond acceptors (Lipinski definition) is 7. The molecule has 3 atom stereocenters. The zero-order valence-electron chi connectivity index (χ0n) is 15.8. The van der Waals surface area contributed by atoms with Crippen molar-refractivity contribution in [1.29, 1.82) is 0 Å². The van der Waals surface area contributed by atoms with Crippen molar-refractivity contribution in [2.45, 2.75) is 19.1 Å². The summed E-state index contributed by atoms with van der Waals surface area (Å²) in [5.74, 6) is -0.881. The van der Waals surface area contributed by atoms with Gasteiger partial charge in [0.2, 0.25) is 5.91 Å². The van der Waals surface area contributed by atoms with Crippen molar-refractivity contribution in [3.63, 3.8) is 0 Å². The Morgan fingerprint density at radius 3 is 2.31 bits per heavy atom.